The van der Waals surface area contributed by atoms with Crippen LogP contribution in [0.25, 0.3) is 0 Å². The van der Waals surface area contributed by atoms with Crippen molar-refractivity contribution in [1.82, 2.24) is 10.2 Å². The number of halogens is 1. The van der Waals surface area contributed by atoms with Gasteiger partial charge < -0.3 is 10.2 Å². The molecule has 2 aromatic rings. The third-order valence-corrected chi connectivity index (χ3v) is 5.78. The predicted molar refractivity (Wildman–Crippen MR) is 112 cm³/mol. The van der Waals surface area contributed by atoms with Crippen molar-refractivity contribution in [2.24, 2.45) is 5.92 Å². The number of nitrogens with one attached hydrogen (secondary N) is 1. The molecule has 1 N–H and O–H groups in total. The number of hydrogen-bond donors (Lipinski definition) is 1. The van der Waals surface area contributed by atoms with E-state index in [2.05, 4.69) is 5.32 Å². The molecule has 0 bridgehead atoms. The third-order valence-electron chi connectivity index (χ3n) is 5.78. The molecule has 1 fully saturated rings. The predicted octanol–water partition coefficient (Wildman–Crippen LogP) is 4.29. The third kappa shape index (κ3) is 5.03. The summed E-state index contributed by atoms with van der Waals surface area (Å²) < 4.78 is 13.8. The Hall–Kier alpha value is -2.69. The lowest BCUT2D eigenvalue weighted by Crippen LogP contribution is -2.49. The van der Waals surface area contributed by atoms with Crippen LogP contribution in [0.15, 0.2) is 48.5 Å². The Morgan fingerprint density at radius 2 is 1.90 bits per heavy atom. The second-order valence-electron chi connectivity index (χ2n) is 8.03. The number of piperidine rings is 1. The van der Waals surface area contributed by atoms with E-state index in [1.807, 2.05) is 38.1 Å². The Morgan fingerprint density at radius 3 is 2.55 bits per heavy atom. The van der Waals surface area contributed by atoms with Crippen LogP contribution in [0, 0.1) is 18.7 Å². The fourth-order valence-corrected chi connectivity index (χ4v) is 3.84. The van der Waals surface area contributed by atoms with Crippen LogP contribution >= 0.6 is 0 Å². The minimum atomic E-state index is -0.291. The van der Waals surface area contributed by atoms with Crippen LogP contribution in [0.1, 0.15) is 54.1 Å². The number of benzene rings is 2. The fraction of sp³-hybridized carbons (Fsp3) is 0.417. The van der Waals surface area contributed by atoms with Crippen molar-refractivity contribution in [2.45, 2.75) is 45.6 Å². The minimum absolute atomic E-state index is 0.0107. The number of rotatable bonds is 5. The highest BCUT2D eigenvalue weighted by molar-refractivity contribution is 5.94. The Bertz CT molecular complexity index is 868. The summed E-state index contributed by atoms with van der Waals surface area (Å²) in [6, 6.07) is 14.3. The van der Waals surface area contributed by atoms with Crippen molar-refractivity contribution < 1.29 is 14.0 Å². The molecule has 0 aromatic heterocycles. The molecule has 0 radical (unpaired) electrons. The summed E-state index contributed by atoms with van der Waals surface area (Å²) in [5.74, 6) is -0.638. The van der Waals surface area contributed by atoms with Gasteiger partial charge in [-0.05, 0) is 56.0 Å². The molecule has 3 rings (SSSR count). The van der Waals surface area contributed by atoms with Crippen LogP contribution in [-0.4, -0.2) is 35.8 Å². The topological polar surface area (TPSA) is 49.4 Å². The van der Waals surface area contributed by atoms with Crippen molar-refractivity contribution in [3.63, 3.8) is 0 Å². The Kier molecular flexibility index (Phi) is 6.68. The highest BCUT2D eigenvalue weighted by atomic mass is 19.1. The molecular formula is C24H29FN2O2. The maximum absolute atomic E-state index is 13.8. The summed E-state index contributed by atoms with van der Waals surface area (Å²) in [4.78, 5) is 27.7. The number of hydrogen-bond acceptors (Lipinski definition) is 2. The maximum Gasteiger partial charge on any atom is 0.253 e. The largest absolute Gasteiger partial charge is 0.353 e. The van der Waals surface area contributed by atoms with Crippen molar-refractivity contribution in [3.8, 4) is 0 Å². The van der Waals surface area contributed by atoms with Gasteiger partial charge >= 0.3 is 0 Å². The fourth-order valence-electron chi connectivity index (χ4n) is 3.84. The van der Waals surface area contributed by atoms with Gasteiger partial charge in [-0.1, -0.05) is 37.3 Å². The number of aryl methyl sites for hydroxylation is 1. The van der Waals surface area contributed by atoms with Crippen LogP contribution in [0.5, 0.6) is 0 Å². The van der Waals surface area contributed by atoms with E-state index in [-0.39, 0.29) is 35.5 Å². The number of carbonyl (C=O) groups excluding carboxylic acids is 2. The molecule has 2 amide bonds. The molecule has 29 heavy (non-hydrogen) atoms. The zero-order valence-electron chi connectivity index (χ0n) is 17.3. The number of amides is 2. The van der Waals surface area contributed by atoms with E-state index in [1.54, 1.807) is 30.0 Å². The molecule has 1 saturated heterocycles. The first-order valence-corrected chi connectivity index (χ1v) is 10.3. The molecular weight excluding hydrogens is 367 g/mol. The highest BCUT2D eigenvalue weighted by Crippen LogP contribution is 2.32. The molecule has 154 valence electrons. The molecule has 0 unspecified atom stereocenters. The molecule has 0 spiro atoms. The van der Waals surface area contributed by atoms with Gasteiger partial charge in [0.15, 0.2) is 0 Å². The Morgan fingerprint density at radius 1 is 1.17 bits per heavy atom. The molecule has 1 heterocycles. The Labute approximate surface area is 172 Å². The molecule has 1 aliphatic heterocycles. The van der Waals surface area contributed by atoms with Gasteiger partial charge in [-0.3, -0.25) is 9.59 Å². The van der Waals surface area contributed by atoms with Gasteiger partial charge in [0.2, 0.25) is 5.91 Å². The number of nitrogens with zero attached hydrogens (tertiary/aromatic N) is 1. The summed E-state index contributed by atoms with van der Waals surface area (Å²) >= 11 is 0. The SMILES string of the molecule is CC[C@H](C)NC(=O)[C@H]1C[C@@H](c2ccc(F)c(C)c2)CN(C(=O)c2ccccc2)C1. The number of likely N-dealkylation sites (tertiary alicyclic amines) is 1. The lowest BCUT2D eigenvalue weighted by molar-refractivity contribution is -0.127. The van der Waals surface area contributed by atoms with Crippen LogP contribution in [0.3, 0.4) is 0 Å². The minimum Gasteiger partial charge on any atom is -0.353 e. The van der Waals surface area contributed by atoms with Gasteiger partial charge in [-0.2, -0.15) is 0 Å². The van der Waals surface area contributed by atoms with E-state index in [0.717, 1.165) is 12.0 Å². The lowest BCUT2D eigenvalue weighted by Gasteiger charge is -2.38. The Balaban J connectivity index is 1.87. The zero-order chi connectivity index (χ0) is 21.0. The van der Waals surface area contributed by atoms with E-state index in [0.29, 0.717) is 30.6 Å². The molecule has 2 aromatic carbocycles. The van der Waals surface area contributed by atoms with Gasteiger partial charge in [-0.25, -0.2) is 4.39 Å². The standard InChI is InChI=1S/C24H29FN2O2/c1-4-17(3)26-23(28)21-13-20(19-10-11-22(25)16(2)12-19)14-27(15-21)24(29)18-8-6-5-7-9-18/h5-12,17,20-21H,4,13-15H2,1-3H3,(H,26,28)/t17-,20+,21-/m0/s1. The second kappa shape index (κ2) is 9.21. The average Bonchev–Trinajstić information content (AvgIpc) is 2.75. The summed E-state index contributed by atoms with van der Waals surface area (Å²) in [6.07, 6.45) is 1.50. The van der Waals surface area contributed by atoms with E-state index in [1.165, 1.54) is 6.07 Å². The van der Waals surface area contributed by atoms with Crippen LogP contribution < -0.4 is 5.32 Å². The van der Waals surface area contributed by atoms with Gasteiger partial charge in [0, 0.05) is 30.6 Å². The monoisotopic (exact) mass is 396 g/mol. The molecule has 1 aliphatic rings. The first kappa shape index (κ1) is 21.0. The van der Waals surface area contributed by atoms with E-state index >= 15 is 0 Å². The van der Waals surface area contributed by atoms with E-state index in [9.17, 15) is 14.0 Å². The molecule has 0 saturated carbocycles. The molecule has 4 nitrogen and oxygen atoms in total. The highest BCUT2D eigenvalue weighted by Gasteiger charge is 2.35. The summed E-state index contributed by atoms with van der Waals surface area (Å²) in [5, 5.41) is 3.05. The quantitative estimate of drug-likeness (QED) is 0.819. The van der Waals surface area contributed by atoms with Crippen molar-refractivity contribution >= 4 is 11.8 Å². The average molecular weight is 397 g/mol. The molecule has 3 atom stereocenters. The van der Waals surface area contributed by atoms with Crippen LogP contribution in [-0.2, 0) is 4.79 Å². The first-order chi connectivity index (χ1) is 13.9. The maximum atomic E-state index is 13.8. The van der Waals surface area contributed by atoms with Crippen LogP contribution in [0.2, 0.25) is 0 Å². The smallest absolute Gasteiger partial charge is 0.253 e. The van der Waals surface area contributed by atoms with Gasteiger partial charge in [0.05, 0.1) is 5.92 Å². The molecule has 0 aliphatic carbocycles. The zero-order valence-corrected chi connectivity index (χ0v) is 17.3. The number of carbonyl (C=O) groups is 2. The van der Waals surface area contributed by atoms with E-state index < -0.39 is 0 Å². The normalized spacial score (nSPS) is 20.2. The summed E-state index contributed by atoms with van der Waals surface area (Å²) in [7, 11) is 0. The van der Waals surface area contributed by atoms with Gasteiger partial charge in [0.1, 0.15) is 5.82 Å². The van der Waals surface area contributed by atoms with Gasteiger partial charge in [0.25, 0.3) is 5.91 Å². The van der Waals surface area contributed by atoms with E-state index in [4.69, 9.17) is 0 Å². The summed E-state index contributed by atoms with van der Waals surface area (Å²) in [5.41, 5.74) is 2.16. The van der Waals surface area contributed by atoms with Crippen molar-refractivity contribution in [1.29, 1.82) is 0 Å². The first-order valence-electron chi connectivity index (χ1n) is 10.3. The van der Waals surface area contributed by atoms with Crippen LogP contribution in [0.4, 0.5) is 4.39 Å². The van der Waals surface area contributed by atoms with Crippen molar-refractivity contribution in [3.05, 3.63) is 71.0 Å². The van der Waals surface area contributed by atoms with Crippen molar-refractivity contribution in [2.75, 3.05) is 13.1 Å². The summed E-state index contributed by atoms with van der Waals surface area (Å²) in [6.45, 7) is 6.66. The lowest BCUT2D eigenvalue weighted by atomic mass is 9.83. The van der Waals surface area contributed by atoms with Gasteiger partial charge in [-0.15, -0.1) is 0 Å². The second-order valence-corrected chi connectivity index (χ2v) is 8.03. The molecule has 5 heteroatoms.